The molecular formula is C19H17N3O4. The molecule has 0 bridgehead atoms. The third kappa shape index (κ3) is 2.83. The topological polar surface area (TPSA) is 99.1 Å². The van der Waals surface area contributed by atoms with Crippen molar-refractivity contribution in [2.24, 2.45) is 11.1 Å². The molecule has 1 fully saturated rings. The van der Waals surface area contributed by atoms with Gasteiger partial charge in [0.15, 0.2) is 11.6 Å². The van der Waals surface area contributed by atoms with Gasteiger partial charge in [-0.05, 0) is 37.1 Å². The predicted molar refractivity (Wildman–Crippen MR) is 96.2 cm³/mol. The van der Waals surface area contributed by atoms with Crippen molar-refractivity contribution >= 4 is 34.8 Å². The lowest BCUT2D eigenvalue weighted by molar-refractivity contribution is -0.127. The number of imide groups is 1. The molecule has 7 heteroatoms. The predicted octanol–water partition coefficient (Wildman–Crippen LogP) is 2.26. The Labute approximate surface area is 149 Å². The van der Waals surface area contributed by atoms with E-state index in [1.54, 1.807) is 56.3 Å². The quantitative estimate of drug-likeness (QED) is 0.383. The average Bonchev–Trinajstić information content (AvgIpc) is 2.87. The van der Waals surface area contributed by atoms with Gasteiger partial charge in [-0.1, -0.05) is 41.6 Å². The largest absolute Gasteiger partial charge is 0.410 e. The van der Waals surface area contributed by atoms with Gasteiger partial charge in [-0.25, -0.2) is 4.90 Å². The summed E-state index contributed by atoms with van der Waals surface area (Å²) < 4.78 is 0. The van der Waals surface area contributed by atoms with Gasteiger partial charge in [-0.2, -0.15) is 0 Å². The van der Waals surface area contributed by atoms with Crippen LogP contribution in [0.5, 0.6) is 0 Å². The number of anilines is 2. The van der Waals surface area contributed by atoms with Crippen LogP contribution in [0.2, 0.25) is 0 Å². The standard InChI is InChI=1S/C19H17N3O4/c1-11-7-3-5-9-13(11)20-17(23)15-16(21-26)19(25)22(18(15)24)14-10-6-4-8-12(14)2/h3-10,15,26H,1-2H3,(H,20,23)/b21-16+/t15-/m1/s1. The fraction of sp³-hybridized carbons (Fsp3) is 0.158. The molecular weight excluding hydrogens is 334 g/mol. The summed E-state index contributed by atoms with van der Waals surface area (Å²) in [6, 6.07) is 13.8. The van der Waals surface area contributed by atoms with E-state index in [1.807, 2.05) is 6.07 Å². The Morgan fingerprint density at radius 2 is 1.65 bits per heavy atom. The molecule has 0 radical (unpaired) electrons. The highest BCUT2D eigenvalue weighted by molar-refractivity contribution is 6.61. The molecule has 3 rings (SSSR count). The fourth-order valence-electron chi connectivity index (χ4n) is 2.88. The second kappa shape index (κ2) is 6.79. The summed E-state index contributed by atoms with van der Waals surface area (Å²) in [5.74, 6) is -3.78. The maximum absolute atomic E-state index is 12.8. The van der Waals surface area contributed by atoms with E-state index in [-0.39, 0.29) is 0 Å². The lowest BCUT2D eigenvalue weighted by atomic mass is 10.0. The summed E-state index contributed by atoms with van der Waals surface area (Å²) in [4.78, 5) is 38.9. The van der Waals surface area contributed by atoms with E-state index in [2.05, 4.69) is 10.5 Å². The first-order valence-electron chi connectivity index (χ1n) is 7.98. The minimum atomic E-state index is -1.51. The summed E-state index contributed by atoms with van der Waals surface area (Å²) in [7, 11) is 0. The van der Waals surface area contributed by atoms with Gasteiger partial charge < -0.3 is 10.5 Å². The van der Waals surface area contributed by atoms with Gasteiger partial charge in [0.05, 0.1) is 5.69 Å². The maximum Gasteiger partial charge on any atom is 0.284 e. The van der Waals surface area contributed by atoms with Gasteiger partial charge in [-0.3, -0.25) is 14.4 Å². The van der Waals surface area contributed by atoms with Crippen LogP contribution in [-0.2, 0) is 14.4 Å². The number of carbonyl (C=O) groups is 3. The zero-order chi connectivity index (χ0) is 18.8. The highest BCUT2D eigenvalue weighted by atomic mass is 16.4. The molecule has 7 nitrogen and oxygen atoms in total. The van der Waals surface area contributed by atoms with Gasteiger partial charge in [0.2, 0.25) is 5.91 Å². The number of hydrogen-bond acceptors (Lipinski definition) is 5. The van der Waals surface area contributed by atoms with E-state index in [4.69, 9.17) is 0 Å². The highest BCUT2D eigenvalue weighted by Crippen LogP contribution is 2.28. The van der Waals surface area contributed by atoms with Crippen molar-refractivity contribution in [1.29, 1.82) is 0 Å². The molecule has 26 heavy (non-hydrogen) atoms. The van der Waals surface area contributed by atoms with Crippen LogP contribution in [0.25, 0.3) is 0 Å². The summed E-state index contributed by atoms with van der Waals surface area (Å²) in [6.45, 7) is 3.55. The van der Waals surface area contributed by atoms with Crippen molar-refractivity contribution in [2.45, 2.75) is 13.8 Å². The smallest absolute Gasteiger partial charge is 0.284 e. The average molecular weight is 351 g/mol. The Morgan fingerprint density at radius 1 is 1.04 bits per heavy atom. The minimum absolute atomic E-state index is 0.356. The Kier molecular flexibility index (Phi) is 4.53. The summed E-state index contributed by atoms with van der Waals surface area (Å²) >= 11 is 0. The second-order valence-corrected chi connectivity index (χ2v) is 5.99. The van der Waals surface area contributed by atoms with E-state index in [0.29, 0.717) is 16.9 Å². The van der Waals surface area contributed by atoms with E-state index >= 15 is 0 Å². The summed E-state index contributed by atoms with van der Waals surface area (Å²) in [5, 5.41) is 14.8. The SMILES string of the molecule is Cc1ccccc1NC(=O)[C@@H]1C(=O)N(c2ccccc2C)C(=O)/C1=N/O. The van der Waals surface area contributed by atoms with E-state index in [1.165, 1.54) is 0 Å². The number of oxime groups is 1. The molecule has 1 aliphatic heterocycles. The molecule has 2 aromatic carbocycles. The Morgan fingerprint density at radius 3 is 2.27 bits per heavy atom. The molecule has 2 aromatic rings. The summed E-state index contributed by atoms with van der Waals surface area (Å²) in [5.41, 5.74) is 1.87. The molecule has 1 saturated heterocycles. The molecule has 0 aliphatic carbocycles. The first-order valence-corrected chi connectivity index (χ1v) is 7.98. The molecule has 2 N–H and O–H groups in total. The van der Waals surface area contributed by atoms with Gasteiger partial charge >= 0.3 is 0 Å². The van der Waals surface area contributed by atoms with Gasteiger partial charge in [0, 0.05) is 5.69 Å². The van der Waals surface area contributed by atoms with E-state index in [9.17, 15) is 19.6 Å². The minimum Gasteiger partial charge on any atom is -0.410 e. The van der Waals surface area contributed by atoms with Crippen LogP contribution in [-0.4, -0.2) is 28.6 Å². The van der Waals surface area contributed by atoms with Crippen LogP contribution in [0, 0.1) is 19.8 Å². The van der Waals surface area contributed by atoms with Crippen LogP contribution in [0.3, 0.4) is 0 Å². The number of aryl methyl sites for hydroxylation is 2. The zero-order valence-electron chi connectivity index (χ0n) is 14.3. The number of amides is 3. The van der Waals surface area contributed by atoms with Gasteiger partial charge in [0.1, 0.15) is 0 Å². The van der Waals surface area contributed by atoms with E-state index in [0.717, 1.165) is 10.5 Å². The number of benzene rings is 2. The molecule has 0 unspecified atom stereocenters. The third-order valence-electron chi connectivity index (χ3n) is 4.29. The first-order chi connectivity index (χ1) is 12.5. The van der Waals surface area contributed by atoms with Crippen molar-refractivity contribution in [1.82, 2.24) is 0 Å². The zero-order valence-corrected chi connectivity index (χ0v) is 14.3. The van der Waals surface area contributed by atoms with Crippen molar-refractivity contribution in [3.63, 3.8) is 0 Å². The van der Waals surface area contributed by atoms with Crippen LogP contribution in [0.1, 0.15) is 11.1 Å². The van der Waals surface area contributed by atoms with Crippen molar-refractivity contribution in [2.75, 3.05) is 10.2 Å². The molecule has 1 heterocycles. The lowest BCUT2D eigenvalue weighted by Gasteiger charge is -2.16. The van der Waals surface area contributed by atoms with E-state index < -0.39 is 29.4 Å². The van der Waals surface area contributed by atoms with Crippen LogP contribution >= 0.6 is 0 Å². The van der Waals surface area contributed by atoms with Crippen LogP contribution in [0.15, 0.2) is 53.7 Å². The number of para-hydroxylation sites is 2. The molecule has 0 aromatic heterocycles. The molecule has 1 atom stereocenters. The van der Waals surface area contributed by atoms with Crippen LogP contribution < -0.4 is 10.2 Å². The monoisotopic (exact) mass is 351 g/mol. The number of nitrogens with zero attached hydrogens (tertiary/aromatic N) is 2. The summed E-state index contributed by atoms with van der Waals surface area (Å²) in [6.07, 6.45) is 0. The van der Waals surface area contributed by atoms with Crippen molar-refractivity contribution < 1.29 is 19.6 Å². The molecule has 0 spiro atoms. The number of carbonyl (C=O) groups excluding carboxylic acids is 3. The first kappa shape index (κ1) is 17.3. The molecule has 0 saturated carbocycles. The van der Waals surface area contributed by atoms with Gasteiger partial charge in [-0.15, -0.1) is 0 Å². The maximum atomic E-state index is 12.8. The molecule has 132 valence electrons. The normalized spacial score (nSPS) is 18.5. The molecule has 1 aliphatic rings. The third-order valence-corrected chi connectivity index (χ3v) is 4.29. The Hall–Kier alpha value is -3.48. The Bertz CT molecular complexity index is 936. The lowest BCUT2D eigenvalue weighted by Crippen LogP contribution is -2.35. The highest BCUT2D eigenvalue weighted by Gasteiger charge is 2.50. The van der Waals surface area contributed by atoms with Crippen molar-refractivity contribution in [3.8, 4) is 0 Å². The van der Waals surface area contributed by atoms with Gasteiger partial charge in [0.25, 0.3) is 11.8 Å². The van der Waals surface area contributed by atoms with Crippen LogP contribution in [0.4, 0.5) is 11.4 Å². The fourth-order valence-corrected chi connectivity index (χ4v) is 2.88. The number of hydrogen-bond donors (Lipinski definition) is 2. The Balaban J connectivity index is 1.96. The number of rotatable bonds is 3. The van der Waals surface area contributed by atoms with Crippen molar-refractivity contribution in [3.05, 3.63) is 59.7 Å². The number of nitrogens with one attached hydrogen (secondary N) is 1. The second-order valence-electron chi connectivity index (χ2n) is 5.99. The molecule has 3 amide bonds.